The van der Waals surface area contributed by atoms with Crippen molar-refractivity contribution in [3.05, 3.63) is 0 Å². The number of hydrazine groups is 1. The average Bonchev–Trinajstić information content (AvgIpc) is 2.21. The van der Waals surface area contributed by atoms with Gasteiger partial charge in [0, 0.05) is 39.3 Å². The minimum Gasteiger partial charge on any atom is -0.301 e. The Balaban J connectivity index is 2.30. The van der Waals surface area contributed by atoms with Gasteiger partial charge in [0.2, 0.25) is 0 Å². The van der Waals surface area contributed by atoms with E-state index in [2.05, 4.69) is 35.7 Å². The molecule has 0 aromatic heterocycles. The van der Waals surface area contributed by atoms with Crippen molar-refractivity contribution in [1.29, 1.82) is 0 Å². The summed E-state index contributed by atoms with van der Waals surface area (Å²) in [6.45, 7) is 15.1. The van der Waals surface area contributed by atoms with Crippen LogP contribution in [0.4, 0.5) is 0 Å². The Kier molecular flexibility index (Phi) is 4.70. The highest BCUT2D eigenvalue weighted by molar-refractivity contribution is 4.69. The average molecular weight is 185 g/mol. The van der Waals surface area contributed by atoms with Crippen LogP contribution >= 0.6 is 0 Å². The summed E-state index contributed by atoms with van der Waals surface area (Å²) in [5.74, 6) is 0. The molecule has 1 saturated heterocycles. The maximum atomic E-state index is 2.51. The van der Waals surface area contributed by atoms with E-state index in [9.17, 15) is 0 Å². The number of rotatable bonds is 4. The number of nitrogens with zero attached hydrogens (tertiary/aromatic N) is 3. The second-order valence-corrected chi connectivity index (χ2v) is 3.53. The van der Waals surface area contributed by atoms with Crippen molar-refractivity contribution in [2.75, 3.05) is 45.8 Å². The van der Waals surface area contributed by atoms with Gasteiger partial charge in [-0.15, -0.1) is 0 Å². The van der Waals surface area contributed by atoms with Crippen molar-refractivity contribution >= 4 is 0 Å². The molecular formula is C10H23N3. The molecule has 0 amide bonds. The standard InChI is InChI=1S/C10H23N3/c1-4-11-7-9-13(10-8-11)12(5-2)6-3/h4-10H2,1-3H3. The molecule has 1 aliphatic rings. The Morgan fingerprint density at radius 3 is 1.85 bits per heavy atom. The van der Waals surface area contributed by atoms with Crippen molar-refractivity contribution in [2.24, 2.45) is 0 Å². The lowest BCUT2D eigenvalue weighted by Crippen LogP contribution is -2.53. The van der Waals surface area contributed by atoms with Gasteiger partial charge in [-0.05, 0) is 6.54 Å². The van der Waals surface area contributed by atoms with Gasteiger partial charge in [0.15, 0.2) is 0 Å². The molecule has 0 N–H and O–H groups in total. The maximum Gasteiger partial charge on any atom is 0.0261 e. The Bertz CT molecular complexity index is 126. The van der Waals surface area contributed by atoms with Gasteiger partial charge < -0.3 is 4.90 Å². The van der Waals surface area contributed by atoms with E-state index in [1.807, 2.05) is 0 Å². The van der Waals surface area contributed by atoms with E-state index in [1.165, 1.54) is 32.7 Å². The fraction of sp³-hybridized carbons (Fsp3) is 1.00. The minimum atomic E-state index is 1.14. The molecule has 0 radical (unpaired) electrons. The molecular weight excluding hydrogens is 162 g/mol. The first kappa shape index (κ1) is 11.0. The zero-order chi connectivity index (χ0) is 9.68. The molecule has 1 aliphatic heterocycles. The molecule has 3 nitrogen and oxygen atoms in total. The number of piperazine rings is 1. The fourth-order valence-corrected chi connectivity index (χ4v) is 1.96. The first-order valence-electron chi connectivity index (χ1n) is 5.53. The van der Waals surface area contributed by atoms with Gasteiger partial charge >= 0.3 is 0 Å². The van der Waals surface area contributed by atoms with Crippen LogP contribution in [0.25, 0.3) is 0 Å². The lowest BCUT2D eigenvalue weighted by atomic mass is 10.3. The van der Waals surface area contributed by atoms with Crippen LogP contribution in [0, 0.1) is 0 Å². The minimum absolute atomic E-state index is 1.14. The van der Waals surface area contributed by atoms with E-state index >= 15 is 0 Å². The third kappa shape index (κ3) is 2.93. The van der Waals surface area contributed by atoms with Crippen LogP contribution in [0.1, 0.15) is 20.8 Å². The summed E-state index contributed by atoms with van der Waals surface area (Å²) in [5.41, 5.74) is 0. The lowest BCUT2D eigenvalue weighted by Gasteiger charge is -2.40. The van der Waals surface area contributed by atoms with Gasteiger partial charge in [-0.2, -0.15) is 0 Å². The van der Waals surface area contributed by atoms with Crippen molar-refractivity contribution in [3.8, 4) is 0 Å². The van der Waals surface area contributed by atoms with E-state index in [4.69, 9.17) is 0 Å². The molecule has 13 heavy (non-hydrogen) atoms. The van der Waals surface area contributed by atoms with Gasteiger partial charge in [-0.3, -0.25) is 0 Å². The van der Waals surface area contributed by atoms with Crippen molar-refractivity contribution in [3.63, 3.8) is 0 Å². The highest BCUT2D eigenvalue weighted by Crippen LogP contribution is 2.04. The summed E-state index contributed by atoms with van der Waals surface area (Å²) in [5, 5.41) is 4.93. The van der Waals surface area contributed by atoms with Gasteiger partial charge in [0.25, 0.3) is 0 Å². The third-order valence-corrected chi connectivity index (χ3v) is 2.93. The molecule has 3 heteroatoms. The fourth-order valence-electron chi connectivity index (χ4n) is 1.96. The van der Waals surface area contributed by atoms with Gasteiger partial charge in [-0.1, -0.05) is 20.8 Å². The van der Waals surface area contributed by atoms with E-state index in [1.54, 1.807) is 0 Å². The smallest absolute Gasteiger partial charge is 0.0261 e. The van der Waals surface area contributed by atoms with E-state index in [-0.39, 0.29) is 0 Å². The quantitative estimate of drug-likeness (QED) is 0.644. The molecule has 1 heterocycles. The molecule has 1 rings (SSSR count). The molecule has 0 saturated carbocycles. The summed E-state index contributed by atoms with van der Waals surface area (Å²) in [6, 6.07) is 0. The maximum absolute atomic E-state index is 2.51. The van der Waals surface area contributed by atoms with Crippen LogP contribution in [0.15, 0.2) is 0 Å². The topological polar surface area (TPSA) is 9.72 Å². The summed E-state index contributed by atoms with van der Waals surface area (Å²) >= 11 is 0. The van der Waals surface area contributed by atoms with E-state index < -0.39 is 0 Å². The monoisotopic (exact) mass is 185 g/mol. The first-order valence-corrected chi connectivity index (χ1v) is 5.53. The zero-order valence-electron chi connectivity index (χ0n) is 9.29. The first-order chi connectivity index (χ1) is 6.31. The van der Waals surface area contributed by atoms with Gasteiger partial charge in [0.1, 0.15) is 0 Å². The van der Waals surface area contributed by atoms with E-state index in [0.717, 1.165) is 13.1 Å². The largest absolute Gasteiger partial charge is 0.301 e. The second-order valence-electron chi connectivity index (χ2n) is 3.53. The highest BCUT2D eigenvalue weighted by Gasteiger charge is 2.18. The predicted octanol–water partition coefficient (Wildman–Crippen LogP) is 0.881. The SMILES string of the molecule is CCN1CCN(N(CC)CC)CC1. The number of hydrogen-bond donors (Lipinski definition) is 0. The third-order valence-electron chi connectivity index (χ3n) is 2.93. The molecule has 0 unspecified atom stereocenters. The number of hydrogen-bond acceptors (Lipinski definition) is 3. The van der Waals surface area contributed by atoms with Crippen LogP contribution in [0.5, 0.6) is 0 Å². The van der Waals surface area contributed by atoms with Crippen LogP contribution in [0.3, 0.4) is 0 Å². The summed E-state index contributed by atoms with van der Waals surface area (Å²) in [4.78, 5) is 2.51. The Hall–Kier alpha value is -0.120. The molecule has 0 bridgehead atoms. The Morgan fingerprint density at radius 2 is 1.46 bits per heavy atom. The normalized spacial score (nSPS) is 21.2. The molecule has 0 atom stereocenters. The van der Waals surface area contributed by atoms with Gasteiger partial charge in [0.05, 0.1) is 0 Å². The van der Waals surface area contributed by atoms with Crippen molar-refractivity contribution in [1.82, 2.24) is 14.9 Å². The van der Waals surface area contributed by atoms with Gasteiger partial charge in [-0.25, -0.2) is 10.0 Å². The molecule has 0 aromatic rings. The summed E-state index contributed by atoms with van der Waals surface area (Å²) < 4.78 is 0. The Labute approximate surface area is 82.3 Å². The number of likely N-dealkylation sites (N-methyl/N-ethyl adjacent to an activating group) is 1. The van der Waals surface area contributed by atoms with E-state index in [0.29, 0.717) is 0 Å². The van der Waals surface area contributed by atoms with Crippen LogP contribution in [0.2, 0.25) is 0 Å². The van der Waals surface area contributed by atoms with Crippen LogP contribution in [-0.2, 0) is 0 Å². The highest BCUT2D eigenvalue weighted by atomic mass is 15.6. The Morgan fingerprint density at radius 1 is 0.923 bits per heavy atom. The van der Waals surface area contributed by atoms with Crippen molar-refractivity contribution < 1.29 is 0 Å². The van der Waals surface area contributed by atoms with Crippen molar-refractivity contribution in [2.45, 2.75) is 20.8 Å². The second kappa shape index (κ2) is 5.58. The predicted molar refractivity (Wildman–Crippen MR) is 56.6 cm³/mol. The zero-order valence-corrected chi connectivity index (χ0v) is 9.29. The molecule has 1 fully saturated rings. The molecule has 0 aromatic carbocycles. The lowest BCUT2D eigenvalue weighted by molar-refractivity contribution is -0.0494. The van der Waals surface area contributed by atoms with Crippen LogP contribution < -0.4 is 0 Å². The molecule has 0 spiro atoms. The van der Waals surface area contributed by atoms with Crippen LogP contribution in [-0.4, -0.2) is 60.7 Å². The summed E-state index contributed by atoms with van der Waals surface area (Å²) in [6.07, 6.45) is 0. The molecule has 78 valence electrons. The molecule has 0 aliphatic carbocycles. The summed E-state index contributed by atoms with van der Waals surface area (Å²) in [7, 11) is 0.